The van der Waals surface area contributed by atoms with Crippen molar-refractivity contribution in [2.45, 2.75) is 37.6 Å². The van der Waals surface area contributed by atoms with Gasteiger partial charge in [-0.2, -0.15) is 10.2 Å². The number of nitrogens with one attached hydrogen (secondary N) is 3. The van der Waals surface area contributed by atoms with Crippen LogP contribution in [-0.2, 0) is 0 Å². The molecule has 3 N–H and O–H groups in total. The minimum atomic E-state index is -0.136. The molecule has 2 saturated carbocycles. The molecule has 0 atom stereocenters. The standard InChI is InChI=1S/C25H23N5O2/c31-23(16-7-5-15(6-8-16)18-13-26-27-14-18)28-19-11-25(12-19)9-17(10-25)22-20-3-1-2-4-21(20)24(32)30-29-22/h1-8,13-14,17,19H,9-12H2,(H,26,27)(H,28,31)(H,30,32). The first kappa shape index (κ1) is 19.0. The Morgan fingerprint density at radius 1 is 0.969 bits per heavy atom. The number of aromatic amines is 2. The lowest BCUT2D eigenvalue weighted by Gasteiger charge is -2.57. The molecule has 0 unspecified atom stereocenters. The summed E-state index contributed by atoms with van der Waals surface area (Å²) in [6, 6.07) is 15.5. The predicted octanol–water partition coefficient (Wildman–Crippen LogP) is 3.77. The minimum Gasteiger partial charge on any atom is -0.349 e. The van der Waals surface area contributed by atoms with Crippen LogP contribution in [0.5, 0.6) is 0 Å². The van der Waals surface area contributed by atoms with E-state index in [0.717, 1.165) is 47.9 Å². The largest absolute Gasteiger partial charge is 0.349 e. The van der Waals surface area contributed by atoms with Crippen molar-refractivity contribution in [2.24, 2.45) is 5.41 Å². The Hall–Kier alpha value is -3.74. The zero-order valence-corrected chi connectivity index (χ0v) is 17.5. The lowest BCUT2D eigenvalue weighted by atomic mass is 9.49. The molecule has 2 fully saturated rings. The number of benzene rings is 2. The van der Waals surface area contributed by atoms with Crippen LogP contribution >= 0.6 is 0 Å². The number of hydrogen-bond donors (Lipinski definition) is 3. The summed E-state index contributed by atoms with van der Waals surface area (Å²) in [6.07, 6.45) is 7.72. The molecule has 1 amide bonds. The smallest absolute Gasteiger partial charge is 0.272 e. The van der Waals surface area contributed by atoms with Crippen molar-refractivity contribution in [1.29, 1.82) is 0 Å². The van der Waals surface area contributed by atoms with Crippen LogP contribution in [0.2, 0.25) is 0 Å². The van der Waals surface area contributed by atoms with Gasteiger partial charge in [0.25, 0.3) is 11.5 Å². The average Bonchev–Trinajstić information content (AvgIpc) is 3.30. The molecule has 0 aliphatic heterocycles. The van der Waals surface area contributed by atoms with Crippen LogP contribution in [0.25, 0.3) is 21.9 Å². The second-order valence-corrected chi connectivity index (χ2v) is 9.23. The van der Waals surface area contributed by atoms with Crippen LogP contribution in [-0.4, -0.2) is 32.3 Å². The molecule has 32 heavy (non-hydrogen) atoms. The predicted molar refractivity (Wildman–Crippen MR) is 121 cm³/mol. The van der Waals surface area contributed by atoms with Gasteiger partial charge in [0.1, 0.15) is 0 Å². The van der Waals surface area contributed by atoms with Gasteiger partial charge in [-0.1, -0.05) is 30.3 Å². The van der Waals surface area contributed by atoms with E-state index >= 15 is 0 Å². The number of carbonyl (C=O) groups excluding carboxylic acids is 1. The van der Waals surface area contributed by atoms with Crippen LogP contribution in [0.3, 0.4) is 0 Å². The highest BCUT2D eigenvalue weighted by atomic mass is 16.1. The Labute approximate surface area is 184 Å². The van der Waals surface area contributed by atoms with Gasteiger partial charge in [0.05, 0.1) is 17.3 Å². The van der Waals surface area contributed by atoms with Gasteiger partial charge in [0, 0.05) is 34.7 Å². The van der Waals surface area contributed by atoms with Gasteiger partial charge in [-0.15, -0.1) is 0 Å². The molecule has 7 nitrogen and oxygen atoms in total. The highest BCUT2D eigenvalue weighted by Gasteiger charge is 2.54. The fourth-order valence-corrected chi connectivity index (χ4v) is 5.54. The Morgan fingerprint density at radius 2 is 1.72 bits per heavy atom. The van der Waals surface area contributed by atoms with Crippen LogP contribution in [0.15, 0.2) is 65.7 Å². The molecular weight excluding hydrogens is 402 g/mol. The van der Waals surface area contributed by atoms with E-state index in [1.165, 1.54) is 0 Å². The number of amides is 1. The van der Waals surface area contributed by atoms with E-state index in [1.54, 1.807) is 6.20 Å². The molecule has 2 aromatic carbocycles. The molecule has 160 valence electrons. The van der Waals surface area contributed by atoms with Crippen LogP contribution in [0.1, 0.15) is 47.7 Å². The number of aromatic nitrogens is 4. The zero-order chi connectivity index (χ0) is 21.7. The summed E-state index contributed by atoms with van der Waals surface area (Å²) >= 11 is 0. The van der Waals surface area contributed by atoms with Crippen LogP contribution in [0.4, 0.5) is 0 Å². The van der Waals surface area contributed by atoms with Crippen molar-refractivity contribution in [1.82, 2.24) is 25.7 Å². The second kappa shape index (κ2) is 7.15. The monoisotopic (exact) mass is 425 g/mol. The van der Waals surface area contributed by atoms with Crippen LogP contribution in [0, 0.1) is 5.41 Å². The third-order valence-corrected chi connectivity index (χ3v) is 7.14. The van der Waals surface area contributed by atoms with Crippen molar-refractivity contribution in [3.8, 4) is 11.1 Å². The lowest BCUT2D eigenvalue weighted by Crippen LogP contribution is -2.55. The molecule has 6 rings (SSSR count). The van der Waals surface area contributed by atoms with Crippen LogP contribution < -0.4 is 10.9 Å². The van der Waals surface area contributed by atoms with Gasteiger partial charge in [-0.05, 0) is 54.9 Å². The molecule has 0 saturated heterocycles. The third-order valence-electron chi connectivity index (χ3n) is 7.14. The summed E-state index contributed by atoms with van der Waals surface area (Å²) in [4.78, 5) is 24.7. The SMILES string of the molecule is O=C(NC1CC2(C1)CC(c1n[nH]c(=O)c3ccccc13)C2)c1ccc(-c2cn[nH]c2)cc1. The van der Waals surface area contributed by atoms with Gasteiger partial charge in [0.15, 0.2) is 0 Å². The highest BCUT2D eigenvalue weighted by molar-refractivity contribution is 5.95. The van der Waals surface area contributed by atoms with E-state index < -0.39 is 0 Å². The normalized spacial score (nSPS) is 24.1. The summed E-state index contributed by atoms with van der Waals surface area (Å²) < 4.78 is 0. The topological polar surface area (TPSA) is 104 Å². The second-order valence-electron chi connectivity index (χ2n) is 9.23. The van der Waals surface area contributed by atoms with E-state index in [9.17, 15) is 9.59 Å². The van der Waals surface area contributed by atoms with Crippen molar-refractivity contribution in [3.63, 3.8) is 0 Å². The van der Waals surface area contributed by atoms with Gasteiger partial charge in [-0.25, -0.2) is 5.10 Å². The quantitative estimate of drug-likeness (QED) is 0.463. The molecule has 2 aliphatic rings. The maximum absolute atomic E-state index is 12.7. The summed E-state index contributed by atoms with van der Waals surface area (Å²) in [5.41, 5.74) is 3.86. The van der Waals surface area contributed by atoms with E-state index in [2.05, 4.69) is 25.7 Å². The fraction of sp³-hybridized carbons (Fsp3) is 0.280. The van der Waals surface area contributed by atoms with E-state index in [0.29, 0.717) is 22.3 Å². The number of H-pyrrole nitrogens is 2. The first-order chi connectivity index (χ1) is 15.6. The van der Waals surface area contributed by atoms with Crippen molar-refractivity contribution >= 4 is 16.7 Å². The number of fused-ring (bicyclic) bond motifs is 1. The van der Waals surface area contributed by atoms with E-state index in [-0.39, 0.29) is 17.5 Å². The van der Waals surface area contributed by atoms with Gasteiger partial charge >= 0.3 is 0 Å². The maximum Gasteiger partial charge on any atom is 0.272 e. The van der Waals surface area contributed by atoms with Crippen molar-refractivity contribution < 1.29 is 4.79 Å². The maximum atomic E-state index is 12.7. The Morgan fingerprint density at radius 3 is 2.44 bits per heavy atom. The molecular formula is C25H23N5O2. The summed E-state index contributed by atoms with van der Waals surface area (Å²) in [5, 5.41) is 18.6. The number of nitrogens with zero attached hydrogens (tertiary/aromatic N) is 2. The number of rotatable bonds is 4. The van der Waals surface area contributed by atoms with E-state index in [4.69, 9.17) is 0 Å². The number of hydrogen-bond acceptors (Lipinski definition) is 4. The van der Waals surface area contributed by atoms with Gasteiger partial charge in [0.2, 0.25) is 0 Å². The molecule has 2 aliphatic carbocycles. The molecule has 1 spiro atoms. The van der Waals surface area contributed by atoms with Gasteiger partial charge in [-0.3, -0.25) is 14.7 Å². The van der Waals surface area contributed by atoms with Crippen molar-refractivity contribution in [3.05, 3.63) is 82.5 Å². The fourth-order valence-electron chi connectivity index (χ4n) is 5.54. The lowest BCUT2D eigenvalue weighted by molar-refractivity contribution is -0.0196. The molecule has 7 heteroatoms. The van der Waals surface area contributed by atoms with E-state index in [1.807, 2.05) is 54.7 Å². The first-order valence-corrected chi connectivity index (χ1v) is 11.0. The molecule has 2 aromatic heterocycles. The Kier molecular flexibility index (Phi) is 4.24. The highest BCUT2D eigenvalue weighted by Crippen LogP contribution is 2.62. The minimum absolute atomic E-state index is 0.0206. The number of carbonyl (C=O) groups is 1. The Bertz CT molecular complexity index is 1340. The summed E-state index contributed by atoms with van der Waals surface area (Å²) in [7, 11) is 0. The van der Waals surface area contributed by atoms with Gasteiger partial charge < -0.3 is 5.32 Å². The zero-order valence-electron chi connectivity index (χ0n) is 17.5. The molecule has 0 radical (unpaired) electrons. The molecule has 2 heterocycles. The first-order valence-electron chi connectivity index (χ1n) is 11.0. The Balaban J connectivity index is 1.07. The average molecular weight is 425 g/mol. The third kappa shape index (κ3) is 3.12. The van der Waals surface area contributed by atoms with Crippen molar-refractivity contribution in [2.75, 3.05) is 0 Å². The molecule has 0 bridgehead atoms. The molecule has 4 aromatic rings. The summed E-state index contributed by atoms with van der Waals surface area (Å²) in [5.74, 6) is 0.344. The summed E-state index contributed by atoms with van der Waals surface area (Å²) in [6.45, 7) is 0.